The molecular formula is C39H77BrO2S2. The minimum atomic E-state index is -0.599. The Kier molecular flexibility index (Phi) is 35.5. The number of rotatable bonds is 36. The number of ether oxygens (including phenoxy) is 1. The van der Waals surface area contributed by atoms with E-state index in [2.05, 4.69) is 41.5 Å². The number of hydrogen-bond acceptors (Lipinski definition) is 4. The van der Waals surface area contributed by atoms with Crippen molar-refractivity contribution in [1.29, 1.82) is 0 Å². The first-order valence-electron chi connectivity index (χ1n) is 19.5. The summed E-state index contributed by atoms with van der Waals surface area (Å²) in [7, 11) is 0. The van der Waals surface area contributed by atoms with Crippen molar-refractivity contribution < 1.29 is 9.53 Å². The average Bonchev–Trinajstić information content (AvgIpc) is 3.00. The Balaban J connectivity index is 3.82. The van der Waals surface area contributed by atoms with Crippen molar-refractivity contribution in [2.45, 2.75) is 217 Å². The van der Waals surface area contributed by atoms with Gasteiger partial charge in [-0.25, -0.2) is 0 Å². The average molecular weight is 722 g/mol. The fourth-order valence-corrected chi connectivity index (χ4v) is 8.24. The zero-order valence-corrected chi connectivity index (χ0v) is 33.4. The van der Waals surface area contributed by atoms with Crippen LogP contribution in [0.4, 0.5) is 0 Å². The van der Waals surface area contributed by atoms with Gasteiger partial charge in [-0.1, -0.05) is 197 Å². The highest BCUT2D eigenvalue weighted by atomic mass is 79.9. The maximum absolute atomic E-state index is 12.3. The van der Waals surface area contributed by atoms with Crippen molar-refractivity contribution in [3.05, 3.63) is 0 Å². The smallest absolute Gasteiger partial charge is 0.322 e. The van der Waals surface area contributed by atoms with Crippen molar-refractivity contribution in [1.82, 2.24) is 0 Å². The third kappa shape index (κ3) is 34.0. The van der Waals surface area contributed by atoms with E-state index in [9.17, 15) is 4.79 Å². The zero-order chi connectivity index (χ0) is 32.4. The van der Waals surface area contributed by atoms with Gasteiger partial charge < -0.3 is 4.74 Å². The number of carbonyl (C=O) groups excluding carboxylic acids is 1. The molecule has 0 aromatic carbocycles. The highest BCUT2D eigenvalue weighted by Crippen LogP contribution is 2.23. The van der Waals surface area contributed by atoms with Crippen LogP contribution >= 0.6 is 39.5 Å². The van der Waals surface area contributed by atoms with Gasteiger partial charge in [0, 0.05) is 11.0 Å². The van der Waals surface area contributed by atoms with Crippen LogP contribution in [0.5, 0.6) is 0 Å². The third-order valence-corrected chi connectivity index (χ3v) is 11.7. The molecule has 2 nitrogen and oxygen atoms in total. The van der Waals surface area contributed by atoms with Crippen LogP contribution in [0.1, 0.15) is 207 Å². The van der Waals surface area contributed by atoms with E-state index >= 15 is 0 Å². The maximum atomic E-state index is 12.3. The molecule has 44 heavy (non-hydrogen) atoms. The van der Waals surface area contributed by atoms with Crippen LogP contribution in [-0.2, 0) is 9.53 Å². The topological polar surface area (TPSA) is 26.3 Å². The maximum Gasteiger partial charge on any atom is 0.322 e. The van der Waals surface area contributed by atoms with Crippen molar-refractivity contribution in [2.24, 2.45) is 0 Å². The van der Waals surface area contributed by atoms with Gasteiger partial charge in [0.1, 0.15) is 10.9 Å². The van der Waals surface area contributed by atoms with Gasteiger partial charge in [0.15, 0.2) is 0 Å². The Morgan fingerprint density at radius 3 is 1.20 bits per heavy atom. The summed E-state index contributed by atoms with van der Waals surface area (Å²) in [5.74, 6) is 3.39. The Labute approximate surface area is 294 Å². The first-order valence-corrected chi connectivity index (χ1v) is 22.5. The Hall–Kier alpha value is 0.650. The molecule has 0 aliphatic heterocycles. The van der Waals surface area contributed by atoms with Gasteiger partial charge in [0.05, 0.1) is 0 Å². The van der Waals surface area contributed by atoms with Crippen LogP contribution in [-0.4, -0.2) is 39.4 Å². The Morgan fingerprint density at radius 1 is 0.545 bits per heavy atom. The summed E-state index contributed by atoms with van der Waals surface area (Å²) >= 11 is 7.56. The number of thioether (sulfide) groups is 2. The SMILES string of the molecule is CCCCCCCCCCCCCCCCSCC(COC(=O)C(C)(C)Br)SCCCCCCCCCCCCCCCC. The molecule has 0 N–H and O–H groups in total. The molecule has 0 bridgehead atoms. The summed E-state index contributed by atoms with van der Waals surface area (Å²) in [5.41, 5.74) is 0. The fraction of sp³-hybridized carbons (Fsp3) is 0.974. The summed E-state index contributed by atoms with van der Waals surface area (Å²) in [6.07, 6.45) is 39.5. The number of esters is 1. The molecule has 0 saturated carbocycles. The Morgan fingerprint density at radius 2 is 0.864 bits per heavy atom. The predicted molar refractivity (Wildman–Crippen MR) is 208 cm³/mol. The molecule has 0 radical (unpaired) electrons. The van der Waals surface area contributed by atoms with Gasteiger partial charge in [-0.05, 0) is 38.2 Å². The van der Waals surface area contributed by atoms with Gasteiger partial charge in [-0.2, -0.15) is 23.5 Å². The molecular weight excluding hydrogens is 644 g/mol. The molecule has 1 atom stereocenters. The van der Waals surface area contributed by atoms with Crippen molar-refractivity contribution in [3.8, 4) is 0 Å². The van der Waals surface area contributed by atoms with Crippen molar-refractivity contribution in [3.63, 3.8) is 0 Å². The second kappa shape index (κ2) is 35.0. The number of halogens is 1. The van der Waals surface area contributed by atoms with Crippen molar-refractivity contribution in [2.75, 3.05) is 23.9 Å². The van der Waals surface area contributed by atoms with Gasteiger partial charge in [0.25, 0.3) is 0 Å². The Bertz CT molecular complexity index is 581. The molecule has 1 unspecified atom stereocenters. The van der Waals surface area contributed by atoms with E-state index in [0.717, 1.165) is 5.75 Å². The number of carbonyl (C=O) groups is 1. The summed E-state index contributed by atoms with van der Waals surface area (Å²) in [4.78, 5) is 12.3. The van der Waals surface area contributed by atoms with Crippen LogP contribution in [0.25, 0.3) is 0 Å². The molecule has 0 aromatic rings. The zero-order valence-electron chi connectivity index (χ0n) is 30.2. The minimum absolute atomic E-state index is 0.142. The summed E-state index contributed by atoms with van der Waals surface area (Å²) in [6.45, 7) is 8.88. The van der Waals surface area contributed by atoms with E-state index in [1.807, 2.05) is 25.6 Å². The predicted octanol–water partition coefficient (Wildman–Crippen LogP) is 14.5. The van der Waals surface area contributed by atoms with Crippen LogP contribution < -0.4 is 0 Å². The van der Waals surface area contributed by atoms with Gasteiger partial charge >= 0.3 is 5.97 Å². The number of alkyl halides is 1. The van der Waals surface area contributed by atoms with E-state index in [4.69, 9.17) is 4.74 Å². The minimum Gasteiger partial charge on any atom is -0.463 e. The molecule has 264 valence electrons. The highest BCUT2D eigenvalue weighted by molar-refractivity contribution is 9.10. The molecule has 0 rings (SSSR count). The summed E-state index contributed by atoms with van der Waals surface area (Å²) in [6, 6.07) is 0. The second-order valence-electron chi connectivity index (χ2n) is 13.8. The summed E-state index contributed by atoms with van der Waals surface area (Å²) < 4.78 is 5.10. The normalized spacial score (nSPS) is 12.6. The van der Waals surface area contributed by atoms with E-state index < -0.39 is 4.32 Å². The van der Waals surface area contributed by atoms with Crippen LogP contribution in [0.15, 0.2) is 0 Å². The lowest BCUT2D eigenvalue weighted by Crippen LogP contribution is -2.30. The van der Waals surface area contributed by atoms with E-state index in [1.54, 1.807) is 0 Å². The lowest BCUT2D eigenvalue weighted by Gasteiger charge is -2.20. The molecule has 0 aliphatic carbocycles. The molecule has 0 fully saturated rings. The standard InChI is InChI=1S/C39H77BrO2S2/c1-5-7-9-11-13-15-17-19-21-23-25-27-29-31-33-43-36-37(35-42-38(41)39(3,4)40)44-34-32-30-28-26-24-22-20-18-16-14-12-10-8-6-2/h37H,5-36H2,1-4H3. The van der Waals surface area contributed by atoms with Crippen LogP contribution in [0.3, 0.4) is 0 Å². The molecule has 0 aromatic heterocycles. The molecule has 0 amide bonds. The van der Waals surface area contributed by atoms with Crippen molar-refractivity contribution >= 4 is 45.4 Å². The largest absolute Gasteiger partial charge is 0.463 e. The fourth-order valence-electron chi connectivity index (χ4n) is 5.64. The van der Waals surface area contributed by atoms with Crippen LogP contribution in [0, 0.1) is 0 Å². The highest BCUT2D eigenvalue weighted by Gasteiger charge is 2.26. The third-order valence-electron chi connectivity index (χ3n) is 8.68. The van der Waals surface area contributed by atoms with Gasteiger partial charge in [-0.3, -0.25) is 4.79 Å². The van der Waals surface area contributed by atoms with Gasteiger partial charge in [0.2, 0.25) is 0 Å². The second-order valence-corrected chi connectivity index (χ2v) is 18.4. The lowest BCUT2D eigenvalue weighted by atomic mass is 10.0. The number of unbranched alkanes of at least 4 members (excludes halogenated alkanes) is 26. The van der Waals surface area contributed by atoms with Crippen LogP contribution in [0.2, 0.25) is 0 Å². The summed E-state index contributed by atoms with van der Waals surface area (Å²) in [5, 5.41) is 0.410. The molecule has 0 heterocycles. The van der Waals surface area contributed by atoms with E-state index in [1.165, 1.54) is 191 Å². The molecule has 0 aliphatic rings. The quantitative estimate of drug-likeness (QED) is 0.0366. The van der Waals surface area contributed by atoms with E-state index in [0.29, 0.717) is 11.9 Å². The van der Waals surface area contributed by atoms with E-state index in [-0.39, 0.29) is 5.97 Å². The molecule has 0 spiro atoms. The monoisotopic (exact) mass is 720 g/mol. The first kappa shape index (κ1) is 44.6. The lowest BCUT2D eigenvalue weighted by molar-refractivity contribution is -0.145. The number of hydrogen-bond donors (Lipinski definition) is 0. The first-order chi connectivity index (χ1) is 21.4. The molecule has 5 heteroatoms. The van der Waals surface area contributed by atoms with Gasteiger partial charge in [-0.15, -0.1) is 0 Å². The molecule has 0 saturated heterocycles.